The third-order valence-corrected chi connectivity index (χ3v) is 5.41. The Morgan fingerprint density at radius 1 is 1.12 bits per heavy atom. The highest BCUT2D eigenvalue weighted by Gasteiger charge is 2.38. The average molecular weight is 343 g/mol. The number of hydrogen-bond donors (Lipinski definition) is 1. The zero-order chi connectivity index (χ0) is 16.9. The van der Waals surface area contributed by atoms with E-state index in [1.54, 1.807) is 0 Å². The third-order valence-electron chi connectivity index (χ3n) is 5.17. The topological polar surface area (TPSA) is 29.3 Å². The van der Waals surface area contributed by atoms with Crippen molar-refractivity contribution in [1.82, 2.24) is 4.90 Å². The summed E-state index contributed by atoms with van der Waals surface area (Å²) in [5, 5.41) is 0.763. The summed E-state index contributed by atoms with van der Waals surface area (Å²) in [6, 6.07) is 19.7. The van der Waals surface area contributed by atoms with Crippen LogP contribution in [-0.2, 0) is 0 Å². The van der Waals surface area contributed by atoms with Gasteiger partial charge < -0.3 is 5.73 Å². The first kappa shape index (κ1) is 17.5. The fourth-order valence-corrected chi connectivity index (χ4v) is 3.93. The summed E-state index contributed by atoms with van der Waals surface area (Å²) in [6.45, 7) is 3.38. The molecule has 1 unspecified atom stereocenters. The maximum absolute atomic E-state index is 6.60. The van der Waals surface area contributed by atoms with Crippen molar-refractivity contribution >= 4 is 11.6 Å². The van der Waals surface area contributed by atoms with Gasteiger partial charge in [-0.15, -0.1) is 0 Å². The number of rotatable bonds is 7. The Kier molecular flexibility index (Phi) is 5.94. The van der Waals surface area contributed by atoms with Crippen molar-refractivity contribution in [2.24, 2.45) is 5.73 Å². The third kappa shape index (κ3) is 3.83. The molecule has 1 aliphatic heterocycles. The molecule has 128 valence electrons. The van der Waals surface area contributed by atoms with Gasteiger partial charge in [0.05, 0.1) is 0 Å². The van der Waals surface area contributed by atoms with Crippen molar-refractivity contribution < 1.29 is 0 Å². The molecule has 2 aromatic rings. The number of nitrogens with two attached hydrogens (primary N) is 1. The molecule has 0 amide bonds. The molecule has 1 aliphatic rings. The van der Waals surface area contributed by atoms with Crippen molar-refractivity contribution in [2.75, 3.05) is 6.54 Å². The van der Waals surface area contributed by atoms with Gasteiger partial charge in [-0.25, -0.2) is 0 Å². The molecule has 3 heteroatoms. The second kappa shape index (κ2) is 8.15. The average Bonchev–Trinajstić information content (AvgIpc) is 2.58. The maximum atomic E-state index is 6.60. The van der Waals surface area contributed by atoms with E-state index in [0.717, 1.165) is 23.6 Å². The Bertz CT molecular complexity index is 643. The van der Waals surface area contributed by atoms with Gasteiger partial charge in [0.15, 0.2) is 0 Å². The van der Waals surface area contributed by atoms with Crippen molar-refractivity contribution in [3.63, 3.8) is 0 Å². The number of nitrogens with zero attached hydrogens (tertiary/aromatic N) is 1. The van der Waals surface area contributed by atoms with E-state index in [9.17, 15) is 0 Å². The van der Waals surface area contributed by atoms with Gasteiger partial charge in [-0.2, -0.15) is 0 Å². The molecule has 3 atom stereocenters. The van der Waals surface area contributed by atoms with Crippen LogP contribution < -0.4 is 5.73 Å². The summed E-state index contributed by atoms with van der Waals surface area (Å²) in [5.74, 6) is 0. The number of unbranched alkanes of at least 4 members (excludes halogenated alkanes) is 1. The first-order chi connectivity index (χ1) is 11.7. The van der Waals surface area contributed by atoms with E-state index >= 15 is 0 Å². The quantitative estimate of drug-likeness (QED) is 0.735. The standard InChI is InChI=1S/C21H27ClN2/c1-2-3-12-19(16-8-5-4-6-9-16)24-14-13-20(24)21(23)17-10-7-11-18(22)15-17/h4-11,15,19-21H,2-3,12-14,23H2,1H3/t19?,20-,21+/m0/s1. The molecule has 2 aromatic carbocycles. The van der Waals surface area contributed by atoms with Crippen LogP contribution in [0.4, 0.5) is 0 Å². The van der Waals surface area contributed by atoms with E-state index in [4.69, 9.17) is 17.3 Å². The second-order valence-electron chi connectivity index (χ2n) is 6.74. The molecule has 2 nitrogen and oxygen atoms in total. The van der Waals surface area contributed by atoms with E-state index in [2.05, 4.69) is 48.2 Å². The van der Waals surface area contributed by atoms with Crippen molar-refractivity contribution in [3.05, 3.63) is 70.7 Å². The summed E-state index contributed by atoms with van der Waals surface area (Å²) in [6.07, 6.45) is 4.82. The van der Waals surface area contributed by atoms with Gasteiger partial charge in [0.2, 0.25) is 0 Å². The van der Waals surface area contributed by atoms with Crippen LogP contribution >= 0.6 is 11.6 Å². The molecule has 0 aromatic heterocycles. The largest absolute Gasteiger partial charge is 0.323 e. The molecule has 24 heavy (non-hydrogen) atoms. The number of benzene rings is 2. The minimum atomic E-state index is 0.0188. The molecule has 0 bridgehead atoms. The minimum Gasteiger partial charge on any atom is -0.323 e. The van der Waals surface area contributed by atoms with E-state index < -0.39 is 0 Å². The molecule has 0 radical (unpaired) electrons. The summed E-state index contributed by atoms with van der Waals surface area (Å²) < 4.78 is 0. The Morgan fingerprint density at radius 3 is 2.50 bits per heavy atom. The van der Waals surface area contributed by atoms with Crippen LogP contribution in [0.2, 0.25) is 5.02 Å². The summed E-state index contributed by atoms with van der Waals surface area (Å²) in [7, 11) is 0. The molecule has 0 aliphatic carbocycles. The van der Waals surface area contributed by atoms with E-state index in [-0.39, 0.29) is 6.04 Å². The number of hydrogen-bond acceptors (Lipinski definition) is 2. The smallest absolute Gasteiger partial charge is 0.0454 e. The lowest BCUT2D eigenvalue weighted by Gasteiger charge is -2.49. The monoisotopic (exact) mass is 342 g/mol. The van der Waals surface area contributed by atoms with Crippen LogP contribution in [0.15, 0.2) is 54.6 Å². The van der Waals surface area contributed by atoms with Crippen LogP contribution in [0.1, 0.15) is 55.8 Å². The van der Waals surface area contributed by atoms with Gasteiger partial charge in [-0.3, -0.25) is 4.90 Å². The Labute approximate surface area is 150 Å². The lowest BCUT2D eigenvalue weighted by Crippen LogP contribution is -2.54. The van der Waals surface area contributed by atoms with Gasteiger partial charge in [0.1, 0.15) is 0 Å². The highest BCUT2D eigenvalue weighted by molar-refractivity contribution is 6.30. The molecular weight excluding hydrogens is 316 g/mol. The van der Waals surface area contributed by atoms with Crippen molar-refractivity contribution in [2.45, 2.75) is 50.7 Å². The van der Waals surface area contributed by atoms with Crippen molar-refractivity contribution in [3.8, 4) is 0 Å². The molecule has 0 saturated carbocycles. The van der Waals surface area contributed by atoms with Gasteiger partial charge in [0, 0.05) is 29.7 Å². The molecule has 1 saturated heterocycles. The fourth-order valence-electron chi connectivity index (χ4n) is 3.73. The first-order valence-electron chi connectivity index (χ1n) is 9.02. The van der Waals surface area contributed by atoms with Crippen LogP contribution in [0.3, 0.4) is 0 Å². The second-order valence-corrected chi connectivity index (χ2v) is 7.18. The van der Waals surface area contributed by atoms with Gasteiger partial charge in [0.25, 0.3) is 0 Å². The zero-order valence-electron chi connectivity index (χ0n) is 14.4. The summed E-state index contributed by atoms with van der Waals surface area (Å²) in [5.41, 5.74) is 9.15. The van der Waals surface area contributed by atoms with Crippen LogP contribution in [0, 0.1) is 0 Å². The van der Waals surface area contributed by atoms with Crippen LogP contribution in [-0.4, -0.2) is 17.5 Å². The van der Waals surface area contributed by atoms with E-state index in [0.29, 0.717) is 12.1 Å². The van der Waals surface area contributed by atoms with E-state index in [1.165, 1.54) is 24.8 Å². The van der Waals surface area contributed by atoms with Gasteiger partial charge >= 0.3 is 0 Å². The van der Waals surface area contributed by atoms with Gasteiger partial charge in [-0.05, 0) is 36.1 Å². The van der Waals surface area contributed by atoms with E-state index in [1.807, 2.05) is 18.2 Å². The molecule has 2 N–H and O–H groups in total. The Balaban J connectivity index is 1.78. The Morgan fingerprint density at radius 2 is 1.88 bits per heavy atom. The first-order valence-corrected chi connectivity index (χ1v) is 9.40. The fraction of sp³-hybridized carbons (Fsp3) is 0.429. The highest BCUT2D eigenvalue weighted by atomic mass is 35.5. The molecule has 3 rings (SSSR count). The number of likely N-dealkylation sites (tertiary alicyclic amines) is 1. The lowest BCUT2D eigenvalue weighted by molar-refractivity contribution is 0.0189. The Hall–Kier alpha value is -1.35. The molecule has 1 heterocycles. The maximum Gasteiger partial charge on any atom is 0.0454 e. The number of halogens is 1. The molecular formula is C21H27ClN2. The summed E-state index contributed by atoms with van der Waals surface area (Å²) in [4.78, 5) is 2.59. The molecule has 0 spiro atoms. The zero-order valence-corrected chi connectivity index (χ0v) is 15.1. The highest BCUT2D eigenvalue weighted by Crippen LogP contribution is 2.38. The normalized spacial score (nSPS) is 20.4. The minimum absolute atomic E-state index is 0.0188. The SMILES string of the molecule is CCCCC(c1ccccc1)N1CC[C@H]1[C@H](N)c1cccc(Cl)c1. The molecule has 1 fully saturated rings. The predicted octanol–water partition coefficient (Wildman–Crippen LogP) is 5.35. The van der Waals surface area contributed by atoms with Gasteiger partial charge in [-0.1, -0.05) is 73.8 Å². The lowest BCUT2D eigenvalue weighted by atomic mass is 9.86. The van der Waals surface area contributed by atoms with Crippen LogP contribution in [0.5, 0.6) is 0 Å². The summed E-state index contributed by atoms with van der Waals surface area (Å²) >= 11 is 6.15. The van der Waals surface area contributed by atoms with Crippen molar-refractivity contribution in [1.29, 1.82) is 0 Å². The van der Waals surface area contributed by atoms with Crippen LogP contribution in [0.25, 0.3) is 0 Å². The predicted molar refractivity (Wildman–Crippen MR) is 102 cm³/mol.